The highest BCUT2D eigenvalue weighted by Crippen LogP contribution is 2.31. The van der Waals surface area contributed by atoms with E-state index in [0.717, 1.165) is 37.9 Å². The summed E-state index contributed by atoms with van der Waals surface area (Å²) in [5.41, 5.74) is 1.68. The van der Waals surface area contributed by atoms with Crippen LogP contribution in [0.25, 0.3) is 0 Å². The van der Waals surface area contributed by atoms with E-state index in [1.165, 1.54) is 0 Å². The average Bonchev–Trinajstić information content (AvgIpc) is 3.03. The quantitative estimate of drug-likeness (QED) is 0.919. The van der Waals surface area contributed by atoms with Crippen LogP contribution in [0.2, 0.25) is 0 Å². The lowest BCUT2D eigenvalue weighted by Crippen LogP contribution is -2.45. The van der Waals surface area contributed by atoms with E-state index < -0.39 is 0 Å². The summed E-state index contributed by atoms with van der Waals surface area (Å²) in [6.07, 6.45) is 2.72. The van der Waals surface area contributed by atoms with Crippen molar-refractivity contribution in [1.82, 2.24) is 4.90 Å². The average molecular weight is 316 g/mol. The second-order valence-corrected chi connectivity index (χ2v) is 6.42. The maximum atomic E-state index is 10.3. The van der Waals surface area contributed by atoms with Crippen LogP contribution in [0.5, 0.6) is 5.75 Å². The Hall–Kier alpha value is -1.61. The highest BCUT2D eigenvalue weighted by molar-refractivity contribution is 5.45. The molecule has 0 amide bonds. The number of nitrogens with zero attached hydrogens (tertiary/aromatic N) is 2. The minimum Gasteiger partial charge on any atom is -0.495 e. The molecule has 3 rings (SSSR count). The fourth-order valence-electron chi connectivity index (χ4n) is 3.82. The lowest BCUT2D eigenvalue weighted by Gasteiger charge is -2.37. The Morgan fingerprint density at radius 1 is 1.43 bits per heavy atom. The number of ether oxygens (including phenoxy) is 2. The van der Waals surface area contributed by atoms with Gasteiger partial charge in [0.05, 0.1) is 25.4 Å². The zero-order valence-corrected chi connectivity index (χ0v) is 13.6. The number of methoxy groups -OCH3 is 1. The molecule has 2 saturated heterocycles. The predicted molar refractivity (Wildman–Crippen MR) is 86.1 cm³/mol. The van der Waals surface area contributed by atoms with Crippen molar-refractivity contribution in [1.29, 1.82) is 5.26 Å². The van der Waals surface area contributed by atoms with Crippen LogP contribution in [0.4, 0.5) is 0 Å². The van der Waals surface area contributed by atoms with Gasteiger partial charge in [-0.15, -0.1) is 0 Å². The zero-order chi connectivity index (χ0) is 16.2. The summed E-state index contributed by atoms with van der Waals surface area (Å²) in [7, 11) is 1.58. The summed E-state index contributed by atoms with van der Waals surface area (Å²) in [4.78, 5) is 2.42. The Morgan fingerprint density at radius 3 is 3.04 bits per heavy atom. The molecule has 0 aliphatic carbocycles. The molecule has 5 heteroatoms. The van der Waals surface area contributed by atoms with Crippen LogP contribution >= 0.6 is 0 Å². The fourth-order valence-corrected chi connectivity index (χ4v) is 3.82. The standard InChI is InChI=1S/C18H24N2O3/c1-22-18-5-4-13(9-14(18)10-19)11-20-7-2-3-16(20)15-12-23-8-6-17(15)21/h4-5,9,15-17,21H,2-3,6-8,11-12H2,1H3/t15-,16+,17-/m0/s1. The molecule has 2 aliphatic heterocycles. The van der Waals surface area contributed by atoms with E-state index in [9.17, 15) is 10.4 Å². The molecule has 1 aromatic rings. The maximum absolute atomic E-state index is 10.3. The molecule has 1 aromatic carbocycles. The first-order chi connectivity index (χ1) is 11.2. The van der Waals surface area contributed by atoms with Crippen molar-refractivity contribution in [2.24, 2.45) is 5.92 Å². The molecular weight excluding hydrogens is 292 g/mol. The molecule has 2 heterocycles. The Kier molecular flexibility index (Phi) is 5.16. The highest BCUT2D eigenvalue weighted by Gasteiger charge is 2.37. The van der Waals surface area contributed by atoms with Crippen LogP contribution in [0.1, 0.15) is 30.4 Å². The van der Waals surface area contributed by atoms with Crippen molar-refractivity contribution in [2.45, 2.75) is 38.0 Å². The molecule has 5 nitrogen and oxygen atoms in total. The second kappa shape index (κ2) is 7.31. The first kappa shape index (κ1) is 16.3. The maximum Gasteiger partial charge on any atom is 0.136 e. The van der Waals surface area contributed by atoms with E-state index in [0.29, 0.717) is 30.6 Å². The third-order valence-electron chi connectivity index (χ3n) is 5.04. The van der Waals surface area contributed by atoms with Gasteiger partial charge >= 0.3 is 0 Å². The van der Waals surface area contributed by atoms with Crippen LogP contribution in [-0.4, -0.2) is 49.0 Å². The lowest BCUT2D eigenvalue weighted by atomic mass is 9.89. The lowest BCUT2D eigenvalue weighted by molar-refractivity contribution is -0.0636. The number of aliphatic hydroxyl groups excluding tert-OH is 1. The highest BCUT2D eigenvalue weighted by atomic mass is 16.5. The third-order valence-corrected chi connectivity index (χ3v) is 5.04. The summed E-state index contributed by atoms with van der Waals surface area (Å²) < 4.78 is 10.8. The van der Waals surface area contributed by atoms with Gasteiger partial charge in [-0.05, 0) is 43.5 Å². The van der Waals surface area contributed by atoms with E-state index in [4.69, 9.17) is 9.47 Å². The number of likely N-dealkylation sites (tertiary alicyclic amines) is 1. The van der Waals surface area contributed by atoms with Crippen LogP contribution in [0, 0.1) is 17.2 Å². The molecule has 3 atom stereocenters. The Morgan fingerprint density at radius 2 is 2.30 bits per heavy atom. The molecule has 0 radical (unpaired) electrons. The molecule has 2 aliphatic rings. The SMILES string of the molecule is COc1ccc(CN2CCC[C@@H]2[C@@H]2COCC[C@@H]2O)cc1C#N. The largest absolute Gasteiger partial charge is 0.495 e. The minimum atomic E-state index is -0.264. The molecule has 0 saturated carbocycles. The monoisotopic (exact) mass is 316 g/mol. The Balaban J connectivity index is 1.72. The number of benzene rings is 1. The molecule has 124 valence electrons. The van der Waals surface area contributed by atoms with Crippen LogP contribution in [-0.2, 0) is 11.3 Å². The van der Waals surface area contributed by atoms with Gasteiger partial charge in [-0.3, -0.25) is 4.90 Å². The normalized spacial score (nSPS) is 28.5. The number of hydrogen-bond donors (Lipinski definition) is 1. The van der Waals surface area contributed by atoms with E-state index in [1.54, 1.807) is 7.11 Å². The predicted octanol–water partition coefficient (Wildman–Crippen LogP) is 1.93. The zero-order valence-electron chi connectivity index (χ0n) is 13.6. The van der Waals surface area contributed by atoms with Crippen LogP contribution < -0.4 is 4.74 Å². The number of nitriles is 1. The first-order valence-electron chi connectivity index (χ1n) is 8.30. The van der Waals surface area contributed by atoms with Crippen molar-refractivity contribution < 1.29 is 14.6 Å². The van der Waals surface area contributed by atoms with Gasteiger partial charge < -0.3 is 14.6 Å². The van der Waals surface area contributed by atoms with Gasteiger partial charge in [0.2, 0.25) is 0 Å². The molecule has 1 N–H and O–H groups in total. The van der Waals surface area contributed by atoms with Gasteiger partial charge in [0, 0.05) is 25.1 Å². The summed E-state index contributed by atoms with van der Waals surface area (Å²) in [6, 6.07) is 8.33. The fraction of sp³-hybridized carbons (Fsp3) is 0.611. The first-order valence-corrected chi connectivity index (χ1v) is 8.30. The van der Waals surface area contributed by atoms with Gasteiger partial charge in [0.25, 0.3) is 0 Å². The van der Waals surface area contributed by atoms with Gasteiger partial charge in [-0.25, -0.2) is 0 Å². The molecule has 0 aromatic heterocycles. The van der Waals surface area contributed by atoms with Crippen LogP contribution in [0.3, 0.4) is 0 Å². The molecule has 23 heavy (non-hydrogen) atoms. The van der Waals surface area contributed by atoms with Crippen LogP contribution in [0.15, 0.2) is 18.2 Å². The number of hydrogen-bond acceptors (Lipinski definition) is 5. The summed E-state index contributed by atoms with van der Waals surface area (Å²) in [5, 5.41) is 19.5. The van der Waals surface area contributed by atoms with Crippen molar-refractivity contribution in [3.05, 3.63) is 29.3 Å². The number of rotatable bonds is 4. The summed E-state index contributed by atoms with van der Waals surface area (Å²) >= 11 is 0. The Bertz CT molecular complexity index is 584. The van der Waals surface area contributed by atoms with Crippen molar-refractivity contribution in [3.63, 3.8) is 0 Å². The van der Waals surface area contributed by atoms with E-state index >= 15 is 0 Å². The van der Waals surface area contributed by atoms with Gasteiger partial charge in [0.1, 0.15) is 11.8 Å². The second-order valence-electron chi connectivity index (χ2n) is 6.42. The summed E-state index contributed by atoms with van der Waals surface area (Å²) in [5.74, 6) is 0.810. The van der Waals surface area contributed by atoms with Crippen molar-refractivity contribution in [2.75, 3.05) is 26.9 Å². The van der Waals surface area contributed by atoms with E-state index in [-0.39, 0.29) is 12.0 Å². The molecule has 2 fully saturated rings. The Labute approximate surface area is 137 Å². The van der Waals surface area contributed by atoms with Crippen molar-refractivity contribution >= 4 is 0 Å². The van der Waals surface area contributed by atoms with E-state index in [2.05, 4.69) is 11.0 Å². The minimum absolute atomic E-state index is 0.194. The van der Waals surface area contributed by atoms with Gasteiger partial charge in [0.15, 0.2) is 0 Å². The molecule has 0 bridgehead atoms. The third kappa shape index (κ3) is 3.50. The van der Waals surface area contributed by atoms with Gasteiger partial charge in [-0.2, -0.15) is 5.26 Å². The smallest absolute Gasteiger partial charge is 0.136 e. The molecule has 0 spiro atoms. The van der Waals surface area contributed by atoms with Gasteiger partial charge in [-0.1, -0.05) is 6.07 Å². The topological polar surface area (TPSA) is 65.7 Å². The summed E-state index contributed by atoms with van der Waals surface area (Å²) in [6.45, 7) is 3.14. The van der Waals surface area contributed by atoms with E-state index in [1.807, 2.05) is 18.2 Å². The molecular formula is C18H24N2O3. The number of aliphatic hydroxyl groups is 1. The van der Waals surface area contributed by atoms with Crippen molar-refractivity contribution in [3.8, 4) is 11.8 Å². The molecule has 0 unspecified atom stereocenters.